The summed E-state index contributed by atoms with van der Waals surface area (Å²) in [5.74, 6) is 0.217. The first-order valence-electron chi connectivity index (χ1n) is 6.22. The van der Waals surface area contributed by atoms with E-state index in [1.807, 2.05) is 0 Å². The second-order valence-corrected chi connectivity index (χ2v) is 8.21. The monoisotopic (exact) mass is 426 g/mol. The van der Waals surface area contributed by atoms with Crippen LogP contribution in [0.4, 0.5) is 5.69 Å². The molecule has 0 amide bonds. The highest BCUT2D eigenvalue weighted by molar-refractivity contribution is 9.11. The van der Waals surface area contributed by atoms with E-state index in [0.29, 0.717) is 17.6 Å². The molecular weight excluding hydrogens is 412 g/mol. The number of ether oxygens (including phenoxy) is 1. The van der Waals surface area contributed by atoms with Gasteiger partial charge < -0.3 is 10.5 Å². The number of sulfonamides is 1. The van der Waals surface area contributed by atoms with Gasteiger partial charge in [-0.25, -0.2) is 13.1 Å². The Kier molecular flexibility index (Phi) is 5.47. The van der Waals surface area contributed by atoms with Crippen molar-refractivity contribution >= 4 is 47.6 Å². The van der Waals surface area contributed by atoms with Crippen molar-refractivity contribution in [3.05, 3.63) is 21.1 Å². The van der Waals surface area contributed by atoms with E-state index in [-0.39, 0.29) is 16.5 Å². The molecule has 1 atom stereocenters. The Morgan fingerprint density at radius 1 is 1.40 bits per heavy atom. The Balaban J connectivity index is 2.14. The molecular formula is C12H16Br2N2O3S. The summed E-state index contributed by atoms with van der Waals surface area (Å²) in [6, 6.07) is 3.23. The van der Waals surface area contributed by atoms with Gasteiger partial charge in [-0.3, -0.25) is 0 Å². The highest BCUT2D eigenvalue weighted by Gasteiger charge is 2.23. The standard InChI is InChI=1S/C12H16Br2N2O3S/c13-9-4-10(14)12(11(15)5-9)20(17,18)16-6-8-2-1-3-19-7-8/h4-5,8,16H,1-3,6-7,15H2. The first-order chi connectivity index (χ1) is 9.40. The van der Waals surface area contributed by atoms with Gasteiger partial charge in [-0.2, -0.15) is 0 Å². The van der Waals surface area contributed by atoms with Crippen molar-refractivity contribution in [3.63, 3.8) is 0 Å². The van der Waals surface area contributed by atoms with Crippen molar-refractivity contribution in [1.82, 2.24) is 4.72 Å². The van der Waals surface area contributed by atoms with Gasteiger partial charge in [-0.1, -0.05) is 15.9 Å². The van der Waals surface area contributed by atoms with Crippen LogP contribution in [0.1, 0.15) is 12.8 Å². The highest BCUT2D eigenvalue weighted by Crippen LogP contribution is 2.31. The fraction of sp³-hybridized carbons (Fsp3) is 0.500. The molecule has 2 rings (SSSR count). The van der Waals surface area contributed by atoms with Crippen LogP contribution in [0.2, 0.25) is 0 Å². The van der Waals surface area contributed by atoms with E-state index in [0.717, 1.165) is 23.9 Å². The largest absolute Gasteiger partial charge is 0.398 e. The maximum Gasteiger partial charge on any atom is 0.243 e. The van der Waals surface area contributed by atoms with Crippen LogP contribution < -0.4 is 10.5 Å². The number of halogens is 2. The van der Waals surface area contributed by atoms with E-state index in [9.17, 15) is 8.42 Å². The van der Waals surface area contributed by atoms with Gasteiger partial charge in [0.15, 0.2) is 0 Å². The molecule has 5 nitrogen and oxygen atoms in total. The molecule has 1 aliphatic rings. The molecule has 0 bridgehead atoms. The zero-order valence-corrected chi connectivity index (χ0v) is 14.7. The minimum Gasteiger partial charge on any atom is -0.398 e. The van der Waals surface area contributed by atoms with Gasteiger partial charge in [0.05, 0.1) is 12.3 Å². The minimum absolute atomic E-state index is 0.0810. The topological polar surface area (TPSA) is 81.4 Å². The van der Waals surface area contributed by atoms with Crippen molar-refractivity contribution in [2.75, 3.05) is 25.5 Å². The quantitative estimate of drug-likeness (QED) is 0.723. The lowest BCUT2D eigenvalue weighted by molar-refractivity contribution is 0.0568. The molecule has 0 aromatic heterocycles. The summed E-state index contributed by atoms with van der Waals surface area (Å²) in [5.41, 5.74) is 6.02. The normalized spacial score (nSPS) is 20.0. The van der Waals surface area contributed by atoms with Crippen LogP contribution in [-0.4, -0.2) is 28.2 Å². The van der Waals surface area contributed by atoms with Gasteiger partial charge >= 0.3 is 0 Å². The smallest absolute Gasteiger partial charge is 0.243 e. The lowest BCUT2D eigenvalue weighted by atomic mass is 10.0. The Morgan fingerprint density at radius 3 is 2.75 bits per heavy atom. The summed E-state index contributed by atoms with van der Waals surface area (Å²) in [4.78, 5) is 0.0810. The molecule has 1 saturated heterocycles. The first kappa shape index (κ1) is 16.2. The van der Waals surface area contributed by atoms with E-state index in [2.05, 4.69) is 36.6 Å². The molecule has 1 unspecified atom stereocenters. The number of hydrogen-bond donors (Lipinski definition) is 2. The summed E-state index contributed by atoms with van der Waals surface area (Å²) < 4.78 is 33.8. The lowest BCUT2D eigenvalue weighted by Crippen LogP contribution is -2.33. The molecule has 20 heavy (non-hydrogen) atoms. The number of nitrogen functional groups attached to an aromatic ring is 1. The third-order valence-corrected chi connectivity index (χ3v) is 6.01. The van der Waals surface area contributed by atoms with E-state index in [1.165, 1.54) is 0 Å². The van der Waals surface area contributed by atoms with Gasteiger partial charge in [0, 0.05) is 22.1 Å². The third kappa shape index (κ3) is 3.94. The van der Waals surface area contributed by atoms with Gasteiger partial charge in [-0.05, 0) is 46.8 Å². The molecule has 1 heterocycles. The third-order valence-electron chi connectivity index (χ3n) is 3.12. The zero-order chi connectivity index (χ0) is 14.8. The van der Waals surface area contributed by atoms with Crippen LogP contribution >= 0.6 is 31.9 Å². The summed E-state index contributed by atoms with van der Waals surface area (Å²) in [5, 5.41) is 0. The maximum atomic E-state index is 12.4. The van der Waals surface area contributed by atoms with Gasteiger partial charge in [0.2, 0.25) is 10.0 Å². The molecule has 1 aromatic rings. The van der Waals surface area contributed by atoms with Crippen molar-refractivity contribution < 1.29 is 13.2 Å². The maximum absolute atomic E-state index is 12.4. The molecule has 112 valence electrons. The average Bonchev–Trinajstić information content (AvgIpc) is 2.36. The molecule has 0 saturated carbocycles. The number of rotatable bonds is 4. The van der Waals surface area contributed by atoms with Crippen molar-refractivity contribution in [3.8, 4) is 0 Å². The molecule has 0 aliphatic carbocycles. The Bertz CT molecular complexity index is 563. The van der Waals surface area contributed by atoms with Crippen molar-refractivity contribution in [2.45, 2.75) is 17.7 Å². The van der Waals surface area contributed by atoms with Crippen molar-refractivity contribution in [1.29, 1.82) is 0 Å². The summed E-state index contributed by atoms with van der Waals surface area (Å²) >= 11 is 6.52. The molecule has 1 fully saturated rings. The first-order valence-corrected chi connectivity index (χ1v) is 9.29. The van der Waals surface area contributed by atoms with Crippen LogP contribution in [0, 0.1) is 5.92 Å². The fourth-order valence-corrected chi connectivity index (χ4v) is 5.31. The van der Waals surface area contributed by atoms with E-state index < -0.39 is 10.0 Å². The summed E-state index contributed by atoms with van der Waals surface area (Å²) in [6.45, 7) is 1.72. The summed E-state index contributed by atoms with van der Waals surface area (Å²) in [7, 11) is -3.64. The summed E-state index contributed by atoms with van der Waals surface area (Å²) in [6.07, 6.45) is 1.94. The molecule has 1 aliphatic heterocycles. The van der Waals surface area contributed by atoms with Gasteiger partial charge in [0.1, 0.15) is 4.90 Å². The van der Waals surface area contributed by atoms with Crippen LogP contribution in [-0.2, 0) is 14.8 Å². The number of nitrogens with one attached hydrogen (secondary N) is 1. The molecule has 1 aromatic carbocycles. The number of nitrogens with two attached hydrogens (primary N) is 1. The number of anilines is 1. The Hall–Kier alpha value is -0.150. The lowest BCUT2D eigenvalue weighted by Gasteiger charge is -2.22. The Morgan fingerprint density at radius 2 is 2.15 bits per heavy atom. The predicted molar refractivity (Wildman–Crippen MR) is 85.0 cm³/mol. The average molecular weight is 428 g/mol. The Labute approximate surface area is 135 Å². The zero-order valence-electron chi connectivity index (χ0n) is 10.7. The number of benzene rings is 1. The van der Waals surface area contributed by atoms with Crippen LogP contribution in [0.3, 0.4) is 0 Å². The van der Waals surface area contributed by atoms with Gasteiger partial charge in [0.25, 0.3) is 0 Å². The van der Waals surface area contributed by atoms with Crippen LogP contribution in [0.25, 0.3) is 0 Å². The predicted octanol–water partition coefficient (Wildman–Crippen LogP) is 2.50. The van der Waals surface area contributed by atoms with E-state index in [4.69, 9.17) is 10.5 Å². The number of hydrogen-bond acceptors (Lipinski definition) is 4. The second kappa shape index (κ2) is 6.74. The van der Waals surface area contributed by atoms with Crippen LogP contribution in [0.5, 0.6) is 0 Å². The van der Waals surface area contributed by atoms with Crippen LogP contribution in [0.15, 0.2) is 26.0 Å². The molecule has 8 heteroatoms. The second-order valence-electron chi connectivity index (χ2n) is 4.74. The molecule has 3 N–H and O–H groups in total. The van der Waals surface area contributed by atoms with Gasteiger partial charge in [-0.15, -0.1) is 0 Å². The fourth-order valence-electron chi connectivity index (χ4n) is 2.13. The van der Waals surface area contributed by atoms with E-state index >= 15 is 0 Å². The molecule has 0 radical (unpaired) electrons. The highest BCUT2D eigenvalue weighted by atomic mass is 79.9. The molecule has 0 spiro atoms. The SMILES string of the molecule is Nc1cc(Br)cc(Br)c1S(=O)(=O)NCC1CCCOC1. The minimum atomic E-state index is -3.64. The van der Waals surface area contributed by atoms with E-state index in [1.54, 1.807) is 12.1 Å². The van der Waals surface area contributed by atoms with Crippen molar-refractivity contribution in [2.24, 2.45) is 5.92 Å².